The molecule has 0 aliphatic carbocycles. The number of hydrogen-bond acceptors (Lipinski definition) is 3. The van der Waals surface area contributed by atoms with Gasteiger partial charge < -0.3 is 10.2 Å². The van der Waals surface area contributed by atoms with Crippen LogP contribution in [0.5, 0.6) is 0 Å². The first-order valence-electron chi connectivity index (χ1n) is 8.66. The van der Waals surface area contributed by atoms with Gasteiger partial charge >= 0.3 is 0 Å². The number of aryl methyl sites for hydroxylation is 1. The van der Waals surface area contributed by atoms with Crippen molar-refractivity contribution in [2.45, 2.75) is 13.0 Å². The van der Waals surface area contributed by atoms with E-state index in [0.29, 0.717) is 5.56 Å². The topological polar surface area (TPSA) is 50.2 Å². The molecule has 0 saturated heterocycles. The van der Waals surface area contributed by atoms with E-state index in [2.05, 4.69) is 15.3 Å². The first kappa shape index (κ1) is 17.9. The Kier molecular flexibility index (Phi) is 5.49. The molecule has 1 heterocycles. The van der Waals surface area contributed by atoms with Gasteiger partial charge in [0.2, 0.25) is 0 Å². The summed E-state index contributed by atoms with van der Waals surface area (Å²) in [4.78, 5) is 14.8. The van der Waals surface area contributed by atoms with Crippen molar-refractivity contribution in [2.75, 3.05) is 20.6 Å². The van der Waals surface area contributed by atoms with E-state index in [-0.39, 0.29) is 11.9 Å². The van der Waals surface area contributed by atoms with E-state index in [4.69, 9.17) is 0 Å². The number of hydrogen-bond donors (Lipinski definition) is 1. The fourth-order valence-electron chi connectivity index (χ4n) is 2.92. The summed E-state index contributed by atoms with van der Waals surface area (Å²) >= 11 is 0. The molecule has 0 saturated carbocycles. The van der Waals surface area contributed by atoms with Crippen LogP contribution in [0, 0.1) is 6.92 Å². The van der Waals surface area contributed by atoms with Crippen LogP contribution in [0.4, 0.5) is 0 Å². The van der Waals surface area contributed by atoms with Gasteiger partial charge in [0.15, 0.2) is 0 Å². The lowest BCUT2D eigenvalue weighted by Crippen LogP contribution is -2.35. The van der Waals surface area contributed by atoms with Gasteiger partial charge in [0.1, 0.15) is 0 Å². The molecule has 3 aromatic rings. The van der Waals surface area contributed by atoms with Crippen molar-refractivity contribution in [2.24, 2.45) is 0 Å². The normalized spacial score (nSPS) is 12.2. The smallest absolute Gasteiger partial charge is 0.251 e. The number of rotatable bonds is 6. The number of carbonyl (C=O) groups is 1. The average molecular weight is 348 g/mol. The lowest BCUT2D eigenvalue weighted by molar-refractivity contribution is 0.0930. The van der Waals surface area contributed by atoms with Crippen LogP contribution in [-0.2, 0) is 0 Å². The summed E-state index contributed by atoms with van der Waals surface area (Å²) in [5, 5.41) is 7.44. The number of aromatic nitrogens is 2. The van der Waals surface area contributed by atoms with Crippen molar-refractivity contribution < 1.29 is 4.79 Å². The molecule has 1 aromatic heterocycles. The van der Waals surface area contributed by atoms with Gasteiger partial charge in [0.05, 0.1) is 11.7 Å². The van der Waals surface area contributed by atoms with E-state index >= 15 is 0 Å². The van der Waals surface area contributed by atoms with Crippen molar-refractivity contribution in [1.82, 2.24) is 20.0 Å². The van der Waals surface area contributed by atoms with Crippen molar-refractivity contribution >= 4 is 5.91 Å². The molecule has 0 bridgehead atoms. The molecule has 0 aliphatic heterocycles. The second-order valence-corrected chi connectivity index (χ2v) is 6.63. The highest BCUT2D eigenvalue weighted by atomic mass is 16.1. The lowest BCUT2D eigenvalue weighted by Gasteiger charge is -2.23. The maximum atomic E-state index is 12.7. The van der Waals surface area contributed by atoms with Gasteiger partial charge in [-0.3, -0.25) is 4.79 Å². The van der Waals surface area contributed by atoms with Gasteiger partial charge in [-0.25, -0.2) is 4.68 Å². The van der Waals surface area contributed by atoms with Crippen LogP contribution in [0.25, 0.3) is 5.69 Å². The Morgan fingerprint density at radius 2 is 1.77 bits per heavy atom. The number of nitrogens with one attached hydrogen (secondary N) is 1. The maximum absolute atomic E-state index is 12.7. The highest BCUT2D eigenvalue weighted by Crippen LogP contribution is 2.16. The number of likely N-dealkylation sites (N-methyl/N-ethyl adjacent to an activating group) is 1. The second kappa shape index (κ2) is 7.97. The average Bonchev–Trinajstić information content (AvgIpc) is 3.07. The van der Waals surface area contributed by atoms with E-state index < -0.39 is 0 Å². The third kappa shape index (κ3) is 4.18. The minimum Gasteiger partial charge on any atom is -0.344 e. The van der Waals surface area contributed by atoms with Gasteiger partial charge in [-0.1, -0.05) is 30.3 Å². The highest BCUT2D eigenvalue weighted by molar-refractivity contribution is 5.94. The van der Waals surface area contributed by atoms with Crippen LogP contribution in [0.15, 0.2) is 66.9 Å². The summed E-state index contributed by atoms with van der Waals surface area (Å²) in [7, 11) is 4.01. The Bertz CT molecular complexity index is 853. The third-order valence-corrected chi connectivity index (χ3v) is 4.26. The second-order valence-electron chi connectivity index (χ2n) is 6.63. The van der Waals surface area contributed by atoms with E-state index in [1.807, 2.05) is 86.4 Å². The van der Waals surface area contributed by atoms with Crippen LogP contribution >= 0.6 is 0 Å². The Balaban J connectivity index is 1.76. The Morgan fingerprint density at radius 3 is 2.35 bits per heavy atom. The molecule has 3 rings (SSSR count). The first-order chi connectivity index (χ1) is 12.5. The Hall–Kier alpha value is -2.92. The van der Waals surface area contributed by atoms with E-state index in [1.165, 1.54) is 0 Å². The Labute approximate surface area is 154 Å². The molecule has 5 nitrogen and oxygen atoms in total. The molecule has 2 aromatic carbocycles. The summed E-state index contributed by atoms with van der Waals surface area (Å²) in [6.45, 7) is 2.74. The summed E-state index contributed by atoms with van der Waals surface area (Å²) in [6.07, 6.45) is 1.77. The predicted molar refractivity (Wildman–Crippen MR) is 104 cm³/mol. The van der Waals surface area contributed by atoms with Gasteiger partial charge in [-0.15, -0.1) is 0 Å². The van der Waals surface area contributed by atoms with Crippen LogP contribution < -0.4 is 5.32 Å². The van der Waals surface area contributed by atoms with E-state index in [9.17, 15) is 4.79 Å². The van der Waals surface area contributed by atoms with Crippen molar-refractivity contribution in [3.05, 3.63) is 83.7 Å². The molecule has 1 amide bonds. The molecule has 26 heavy (non-hydrogen) atoms. The summed E-state index contributed by atoms with van der Waals surface area (Å²) < 4.78 is 1.85. The zero-order chi connectivity index (χ0) is 18.5. The summed E-state index contributed by atoms with van der Waals surface area (Å²) in [5.74, 6) is -0.0792. The number of nitrogens with zero attached hydrogens (tertiary/aromatic N) is 3. The zero-order valence-electron chi connectivity index (χ0n) is 15.4. The zero-order valence-corrected chi connectivity index (χ0v) is 15.4. The third-order valence-electron chi connectivity index (χ3n) is 4.26. The van der Waals surface area contributed by atoms with Crippen molar-refractivity contribution in [3.63, 3.8) is 0 Å². The summed E-state index contributed by atoms with van der Waals surface area (Å²) in [6, 6.07) is 19.4. The molecule has 0 radical (unpaired) electrons. The maximum Gasteiger partial charge on any atom is 0.251 e. The van der Waals surface area contributed by atoms with Crippen LogP contribution in [-0.4, -0.2) is 41.2 Å². The largest absolute Gasteiger partial charge is 0.344 e. The van der Waals surface area contributed by atoms with E-state index in [0.717, 1.165) is 23.5 Å². The van der Waals surface area contributed by atoms with Crippen LogP contribution in [0.3, 0.4) is 0 Å². The number of carbonyl (C=O) groups excluding carboxylic acids is 1. The van der Waals surface area contributed by atoms with Gasteiger partial charge in [-0.2, -0.15) is 5.10 Å². The van der Waals surface area contributed by atoms with Crippen molar-refractivity contribution in [1.29, 1.82) is 0 Å². The quantitative estimate of drug-likeness (QED) is 0.744. The molecule has 0 spiro atoms. The van der Waals surface area contributed by atoms with Crippen molar-refractivity contribution in [3.8, 4) is 5.69 Å². The fraction of sp³-hybridized carbons (Fsp3) is 0.238. The predicted octanol–water partition coefficient (Wildman–Crippen LogP) is 3.21. The fourth-order valence-corrected chi connectivity index (χ4v) is 2.92. The standard InChI is InChI=1S/C21H24N4O/c1-16-13-14-22-25(16)19-11-9-18(10-12-19)21(26)23-20(15-24(2)3)17-7-5-4-6-8-17/h4-14,20H,15H2,1-3H3,(H,23,26)/t20-/m1/s1. The first-order valence-corrected chi connectivity index (χ1v) is 8.66. The SMILES string of the molecule is Cc1ccnn1-c1ccc(C(=O)N[C@H](CN(C)C)c2ccccc2)cc1. The van der Waals surface area contributed by atoms with E-state index in [1.54, 1.807) is 6.20 Å². The highest BCUT2D eigenvalue weighted by Gasteiger charge is 2.16. The van der Waals surface area contributed by atoms with Gasteiger partial charge in [0.25, 0.3) is 5.91 Å². The minimum absolute atomic E-state index is 0.0632. The number of benzene rings is 2. The molecule has 5 heteroatoms. The number of amides is 1. The van der Waals surface area contributed by atoms with Gasteiger partial charge in [-0.05, 0) is 56.9 Å². The molecule has 134 valence electrons. The lowest BCUT2D eigenvalue weighted by atomic mass is 10.1. The van der Waals surface area contributed by atoms with Crippen LogP contribution in [0.1, 0.15) is 27.7 Å². The molecule has 0 aliphatic rings. The molecule has 1 N–H and O–H groups in total. The minimum atomic E-state index is -0.0792. The molecule has 0 fully saturated rings. The molecular weight excluding hydrogens is 324 g/mol. The monoisotopic (exact) mass is 348 g/mol. The molecule has 0 unspecified atom stereocenters. The molecular formula is C21H24N4O. The van der Waals surface area contributed by atoms with Gasteiger partial charge in [0, 0.05) is 24.0 Å². The Morgan fingerprint density at radius 1 is 1.08 bits per heavy atom. The summed E-state index contributed by atoms with van der Waals surface area (Å²) in [5.41, 5.74) is 3.73. The molecule has 1 atom stereocenters. The van der Waals surface area contributed by atoms with Crippen LogP contribution in [0.2, 0.25) is 0 Å².